The van der Waals surface area contributed by atoms with Gasteiger partial charge in [-0.2, -0.15) is 0 Å². The third-order valence-electron chi connectivity index (χ3n) is 4.27. The van der Waals surface area contributed by atoms with Crippen LogP contribution in [0.15, 0.2) is 53.0 Å². The van der Waals surface area contributed by atoms with Crippen molar-refractivity contribution in [3.8, 4) is 5.75 Å². The Labute approximate surface area is 143 Å². The molecule has 22 heavy (non-hydrogen) atoms. The molecule has 112 valence electrons. The molecule has 1 saturated heterocycles. The lowest BCUT2D eigenvalue weighted by molar-refractivity contribution is 0.0498. The second-order valence-electron chi connectivity index (χ2n) is 5.83. The van der Waals surface area contributed by atoms with Crippen molar-refractivity contribution in [1.29, 1.82) is 0 Å². The number of hydrogen-bond acceptors (Lipinski definition) is 2. The Morgan fingerprint density at radius 2 is 1.95 bits per heavy atom. The first-order chi connectivity index (χ1) is 10.6. The van der Waals surface area contributed by atoms with Crippen molar-refractivity contribution in [1.82, 2.24) is 5.32 Å². The topological polar surface area (TPSA) is 24.5 Å². The molecule has 4 rings (SSSR count). The predicted molar refractivity (Wildman–Crippen MR) is 95.2 cm³/mol. The summed E-state index contributed by atoms with van der Waals surface area (Å²) in [6.07, 6.45) is 0.847. The number of thiocarbonyl (C=S) groups is 1. The zero-order valence-corrected chi connectivity index (χ0v) is 14.4. The van der Waals surface area contributed by atoms with E-state index in [1.165, 1.54) is 5.56 Å². The number of anilines is 1. The van der Waals surface area contributed by atoms with Crippen molar-refractivity contribution in [2.45, 2.75) is 25.1 Å². The van der Waals surface area contributed by atoms with E-state index in [4.69, 9.17) is 17.0 Å². The van der Waals surface area contributed by atoms with Gasteiger partial charge in [0.25, 0.3) is 0 Å². The molecule has 0 radical (unpaired) electrons. The van der Waals surface area contributed by atoms with Gasteiger partial charge in [-0.05, 0) is 49.5 Å². The molecule has 0 spiro atoms. The average Bonchev–Trinajstić information content (AvgIpc) is 2.48. The first-order valence-electron chi connectivity index (χ1n) is 7.21. The minimum atomic E-state index is -0.477. The molecular weight excluding hydrogens is 360 g/mol. The third-order valence-corrected chi connectivity index (χ3v) is 5.09. The Kier molecular flexibility index (Phi) is 3.16. The second kappa shape index (κ2) is 4.96. The first-order valence-corrected chi connectivity index (χ1v) is 8.41. The highest BCUT2D eigenvalue weighted by Gasteiger charge is 2.48. The van der Waals surface area contributed by atoms with Crippen LogP contribution in [0.25, 0.3) is 0 Å². The van der Waals surface area contributed by atoms with E-state index in [0.29, 0.717) is 5.11 Å². The van der Waals surface area contributed by atoms with E-state index in [2.05, 4.69) is 39.1 Å². The van der Waals surface area contributed by atoms with Crippen molar-refractivity contribution < 1.29 is 4.74 Å². The van der Waals surface area contributed by atoms with E-state index in [-0.39, 0.29) is 6.04 Å². The fraction of sp³-hybridized carbons (Fsp3) is 0.235. The standard InChI is InChI=1S/C17H15BrN2OS/c1-17-10-14(13-4-2-3-5-15(13)21-17)19-16(22)20(17)12-8-6-11(18)7-9-12/h2-9,14H,10H2,1H3,(H,19,22)/t14-,17-/m0/s1. The van der Waals surface area contributed by atoms with Gasteiger partial charge in [-0.1, -0.05) is 34.1 Å². The summed E-state index contributed by atoms with van der Waals surface area (Å²) in [4.78, 5) is 2.07. The van der Waals surface area contributed by atoms with Crippen LogP contribution < -0.4 is 15.0 Å². The molecule has 1 N–H and O–H groups in total. The quantitative estimate of drug-likeness (QED) is 0.748. The van der Waals surface area contributed by atoms with Crippen molar-refractivity contribution in [3.63, 3.8) is 0 Å². The summed E-state index contributed by atoms with van der Waals surface area (Å²) in [5.41, 5.74) is 1.73. The number of hydrogen-bond donors (Lipinski definition) is 1. The van der Waals surface area contributed by atoms with Gasteiger partial charge in [0.05, 0.1) is 6.04 Å². The van der Waals surface area contributed by atoms with E-state index in [0.717, 1.165) is 22.3 Å². The summed E-state index contributed by atoms with van der Waals surface area (Å²) >= 11 is 9.09. The van der Waals surface area contributed by atoms with Crippen LogP contribution >= 0.6 is 28.1 Å². The molecule has 2 heterocycles. The van der Waals surface area contributed by atoms with Gasteiger partial charge in [-0.3, -0.25) is 4.90 Å². The number of para-hydroxylation sites is 1. The molecule has 2 aromatic rings. The predicted octanol–water partition coefficient (Wildman–Crippen LogP) is 4.38. The molecule has 0 aromatic heterocycles. The Bertz CT molecular complexity index is 749. The van der Waals surface area contributed by atoms with E-state index in [1.54, 1.807) is 0 Å². The summed E-state index contributed by atoms with van der Waals surface area (Å²) in [6, 6.07) is 16.5. The molecule has 1 fully saturated rings. The largest absolute Gasteiger partial charge is 0.467 e. The van der Waals surface area contributed by atoms with E-state index < -0.39 is 5.72 Å². The second-order valence-corrected chi connectivity index (χ2v) is 7.14. The molecule has 0 unspecified atom stereocenters. The van der Waals surface area contributed by atoms with Gasteiger partial charge in [0.2, 0.25) is 0 Å². The molecule has 2 atom stereocenters. The van der Waals surface area contributed by atoms with E-state index in [1.807, 2.05) is 42.5 Å². The van der Waals surface area contributed by atoms with Crippen LogP contribution in [0, 0.1) is 0 Å². The molecule has 0 saturated carbocycles. The van der Waals surface area contributed by atoms with Gasteiger partial charge in [0.1, 0.15) is 5.75 Å². The maximum Gasteiger partial charge on any atom is 0.188 e. The molecule has 0 aliphatic carbocycles. The van der Waals surface area contributed by atoms with Gasteiger partial charge in [0, 0.05) is 22.1 Å². The molecule has 2 aliphatic heterocycles. The number of fused-ring (bicyclic) bond motifs is 4. The number of rotatable bonds is 1. The first kappa shape index (κ1) is 14.0. The van der Waals surface area contributed by atoms with Crippen LogP contribution in [0.3, 0.4) is 0 Å². The minimum Gasteiger partial charge on any atom is -0.467 e. The smallest absolute Gasteiger partial charge is 0.188 e. The van der Waals surface area contributed by atoms with Crippen LogP contribution in [0.4, 0.5) is 5.69 Å². The lowest BCUT2D eigenvalue weighted by atomic mass is 9.90. The summed E-state index contributed by atoms with van der Waals surface area (Å²) in [6.45, 7) is 2.10. The van der Waals surface area contributed by atoms with E-state index in [9.17, 15) is 0 Å². The minimum absolute atomic E-state index is 0.203. The van der Waals surface area contributed by atoms with Crippen LogP contribution in [-0.4, -0.2) is 10.8 Å². The number of nitrogens with one attached hydrogen (secondary N) is 1. The van der Waals surface area contributed by atoms with Crippen molar-refractivity contribution in [2.24, 2.45) is 0 Å². The summed E-state index contributed by atoms with van der Waals surface area (Å²) < 4.78 is 7.39. The number of nitrogens with zero attached hydrogens (tertiary/aromatic N) is 1. The molecule has 2 bridgehead atoms. The highest BCUT2D eigenvalue weighted by Crippen LogP contribution is 2.45. The zero-order valence-electron chi connectivity index (χ0n) is 12.0. The van der Waals surface area contributed by atoms with Gasteiger partial charge in [-0.15, -0.1) is 0 Å². The number of benzene rings is 2. The number of halogens is 1. The summed E-state index contributed by atoms with van der Waals surface area (Å²) in [5, 5.41) is 4.16. The zero-order chi connectivity index (χ0) is 15.3. The van der Waals surface area contributed by atoms with Crippen molar-refractivity contribution in [3.05, 3.63) is 58.6 Å². The fourth-order valence-electron chi connectivity index (χ4n) is 3.30. The Morgan fingerprint density at radius 1 is 1.23 bits per heavy atom. The highest BCUT2D eigenvalue weighted by molar-refractivity contribution is 9.10. The number of ether oxygens (including phenoxy) is 1. The lowest BCUT2D eigenvalue weighted by Gasteiger charge is -2.52. The van der Waals surface area contributed by atoms with Gasteiger partial charge >= 0.3 is 0 Å². The average molecular weight is 375 g/mol. The SMILES string of the molecule is C[C@]12C[C@H](NC(=S)N1c1ccc(Br)cc1)c1ccccc1O2. The Balaban J connectivity index is 1.80. The maximum absolute atomic E-state index is 6.34. The van der Waals surface area contributed by atoms with Crippen molar-refractivity contribution in [2.75, 3.05) is 4.90 Å². The monoisotopic (exact) mass is 374 g/mol. The molecule has 2 aromatic carbocycles. The van der Waals surface area contributed by atoms with E-state index >= 15 is 0 Å². The molecule has 3 nitrogen and oxygen atoms in total. The van der Waals surface area contributed by atoms with Crippen LogP contribution in [0.5, 0.6) is 5.75 Å². The van der Waals surface area contributed by atoms with Gasteiger partial charge in [-0.25, -0.2) is 0 Å². The highest BCUT2D eigenvalue weighted by atomic mass is 79.9. The fourth-order valence-corrected chi connectivity index (χ4v) is 4.01. The van der Waals surface area contributed by atoms with Crippen molar-refractivity contribution >= 4 is 38.9 Å². The van der Waals surface area contributed by atoms with Gasteiger partial charge < -0.3 is 10.1 Å². The van der Waals surface area contributed by atoms with Crippen LogP contribution in [-0.2, 0) is 0 Å². The van der Waals surface area contributed by atoms with Crippen LogP contribution in [0.2, 0.25) is 0 Å². The summed E-state index contributed by atoms with van der Waals surface area (Å²) in [5.74, 6) is 0.929. The molecule has 0 amide bonds. The third kappa shape index (κ3) is 2.11. The molecular formula is C17H15BrN2OS. The Morgan fingerprint density at radius 3 is 2.73 bits per heavy atom. The lowest BCUT2D eigenvalue weighted by Crippen LogP contribution is -2.65. The molecule has 2 aliphatic rings. The van der Waals surface area contributed by atoms with Gasteiger partial charge in [0.15, 0.2) is 10.8 Å². The maximum atomic E-state index is 6.34. The Hall–Kier alpha value is -1.59. The normalized spacial score (nSPS) is 26.0. The van der Waals surface area contributed by atoms with Crippen LogP contribution in [0.1, 0.15) is 24.9 Å². The molecule has 5 heteroatoms. The summed E-state index contributed by atoms with van der Waals surface area (Å²) in [7, 11) is 0.